The number of rotatable bonds is 5. The molecule has 0 spiro atoms. The fourth-order valence-electron chi connectivity index (χ4n) is 1.82. The molecule has 0 aliphatic heterocycles. The third kappa shape index (κ3) is 3.25. The van der Waals surface area contributed by atoms with Gasteiger partial charge in [-0.05, 0) is 30.7 Å². The Morgan fingerprint density at radius 1 is 1.33 bits per heavy atom. The molecule has 0 radical (unpaired) electrons. The molecule has 0 amide bonds. The number of benzene rings is 1. The molecule has 0 bridgehead atoms. The van der Waals surface area contributed by atoms with Crippen LogP contribution in [0.15, 0.2) is 40.6 Å². The van der Waals surface area contributed by atoms with Gasteiger partial charge in [-0.3, -0.25) is 4.31 Å². The first-order valence-electron chi connectivity index (χ1n) is 6.33. The quantitative estimate of drug-likeness (QED) is 0.850. The molecule has 1 aromatic carbocycles. The Balaban J connectivity index is 2.40. The van der Waals surface area contributed by atoms with Crippen LogP contribution >= 0.6 is 23.6 Å². The SMILES string of the molecule is CCc1ccc(S(=O)(=O)N(C)c2cccc(C(N)=S)c2)s1. The summed E-state index contributed by atoms with van der Waals surface area (Å²) < 4.78 is 26.8. The smallest absolute Gasteiger partial charge is 0.273 e. The minimum atomic E-state index is -3.56. The van der Waals surface area contributed by atoms with Gasteiger partial charge in [0.15, 0.2) is 0 Å². The Morgan fingerprint density at radius 2 is 2.05 bits per heavy atom. The van der Waals surface area contributed by atoms with Crippen LogP contribution in [0.4, 0.5) is 5.69 Å². The average Bonchev–Trinajstić information content (AvgIpc) is 2.96. The predicted octanol–water partition coefficient (Wildman–Crippen LogP) is 2.77. The minimum absolute atomic E-state index is 0.243. The Labute approximate surface area is 134 Å². The second-order valence-electron chi connectivity index (χ2n) is 4.46. The van der Waals surface area contributed by atoms with E-state index in [1.165, 1.54) is 22.7 Å². The topological polar surface area (TPSA) is 63.4 Å². The summed E-state index contributed by atoms with van der Waals surface area (Å²) in [4.78, 5) is 1.28. The molecule has 0 saturated heterocycles. The number of anilines is 1. The Kier molecular flexibility index (Phi) is 4.65. The van der Waals surface area contributed by atoms with Crippen molar-refractivity contribution in [1.82, 2.24) is 0 Å². The second-order valence-corrected chi connectivity index (χ2v) is 8.27. The van der Waals surface area contributed by atoms with Gasteiger partial charge in [0.25, 0.3) is 10.0 Å². The molecule has 21 heavy (non-hydrogen) atoms. The average molecular weight is 340 g/mol. The summed E-state index contributed by atoms with van der Waals surface area (Å²) in [5.41, 5.74) is 6.77. The summed E-state index contributed by atoms with van der Waals surface area (Å²) in [5, 5.41) is 0. The zero-order chi connectivity index (χ0) is 15.6. The first kappa shape index (κ1) is 15.9. The third-order valence-electron chi connectivity index (χ3n) is 3.09. The molecule has 7 heteroatoms. The molecule has 0 aliphatic rings. The van der Waals surface area contributed by atoms with Crippen LogP contribution in [0, 0.1) is 0 Å². The number of sulfonamides is 1. The highest BCUT2D eigenvalue weighted by Gasteiger charge is 2.23. The van der Waals surface area contributed by atoms with Crippen molar-refractivity contribution in [3.63, 3.8) is 0 Å². The van der Waals surface area contributed by atoms with Gasteiger partial charge in [0, 0.05) is 17.5 Å². The van der Waals surface area contributed by atoms with E-state index in [-0.39, 0.29) is 4.99 Å². The maximum Gasteiger partial charge on any atom is 0.273 e. The lowest BCUT2D eigenvalue weighted by atomic mass is 10.2. The van der Waals surface area contributed by atoms with E-state index >= 15 is 0 Å². The lowest BCUT2D eigenvalue weighted by Gasteiger charge is -2.19. The molecule has 2 rings (SSSR count). The monoisotopic (exact) mass is 340 g/mol. The van der Waals surface area contributed by atoms with Crippen molar-refractivity contribution in [3.05, 3.63) is 46.8 Å². The van der Waals surface area contributed by atoms with E-state index in [4.69, 9.17) is 18.0 Å². The van der Waals surface area contributed by atoms with Crippen molar-refractivity contribution in [2.75, 3.05) is 11.4 Å². The molecule has 4 nitrogen and oxygen atoms in total. The van der Waals surface area contributed by atoms with E-state index < -0.39 is 10.0 Å². The molecule has 0 fully saturated rings. The molecule has 112 valence electrons. The minimum Gasteiger partial charge on any atom is -0.389 e. The van der Waals surface area contributed by atoms with Gasteiger partial charge in [0.2, 0.25) is 0 Å². The molecule has 0 atom stereocenters. The summed E-state index contributed by atoms with van der Waals surface area (Å²) in [5.74, 6) is 0. The van der Waals surface area contributed by atoms with E-state index in [2.05, 4.69) is 0 Å². The van der Waals surface area contributed by atoms with Crippen LogP contribution in [0.25, 0.3) is 0 Å². The summed E-state index contributed by atoms with van der Waals surface area (Å²) in [6.07, 6.45) is 0.820. The molecule has 0 unspecified atom stereocenters. The second kappa shape index (κ2) is 6.13. The normalized spacial score (nSPS) is 11.3. The van der Waals surface area contributed by atoms with E-state index in [1.54, 1.807) is 30.3 Å². The van der Waals surface area contributed by atoms with Crippen LogP contribution in [0.3, 0.4) is 0 Å². The number of thiocarbonyl (C=S) groups is 1. The third-order valence-corrected chi connectivity index (χ3v) is 6.81. The summed E-state index contributed by atoms with van der Waals surface area (Å²) >= 11 is 6.22. The van der Waals surface area contributed by atoms with Crippen molar-refractivity contribution in [3.8, 4) is 0 Å². The lowest BCUT2D eigenvalue weighted by molar-refractivity contribution is 0.596. The van der Waals surface area contributed by atoms with Crippen LogP contribution in [0.2, 0.25) is 0 Å². The van der Waals surface area contributed by atoms with E-state index in [0.717, 1.165) is 11.3 Å². The van der Waals surface area contributed by atoms with Crippen LogP contribution in [-0.2, 0) is 16.4 Å². The summed E-state index contributed by atoms with van der Waals surface area (Å²) in [6.45, 7) is 2.00. The number of aryl methyl sites for hydroxylation is 1. The van der Waals surface area contributed by atoms with Crippen molar-refractivity contribution < 1.29 is 8.42 Å². The number of nitrogens with two attached hydrogens (primary N) is 1. The van der Waals surface area contributed by atoms with Crippen molar-refractivity contribution in [1.29, 1.82) is 0 Å². The first-order valence-corrected chi connectivity index (χ1v) is 9.00. The molecule has 1 heterocycles. The van der Waals surface area contributed by atoms with E-state index in [1.807, 2.05) is 13.0 Å². The molecule has 1 aromatic heterocycles. The van der Waals surface area contributed by atoms with Gasteiger partial charge in [0.1, 0.15) is 9.20 Å². The fraction of sp³-hybridized carbons (Fsp3) is 0.214. The fourth-order valence-corrected chi connectivity index (χ4v) is 4.60. The molecule has 0 aliphatic carbocycles. The van der Waals surface area contributed by atoms with Crippen molar-refractivity contribution >= 4 is 44.3 Å². The highest BCUT2D eigenvalue weighted by Crippen LogP contribution is 2.28. The first-order chi connectivity index (χ1) is 9.86. The Bertz CT molecular complexity index is 766. The molecule has 2 aromatic rings. The zero-order valence-corrected chi connectivity index (χ0v) is 14.2. The van der Waals surface area contributed by atoms with Crippen LogP contribution in [0.1, 0.15) is 17.4 Å². The predicted molar refractivity (Wildman–Crippen MR) is 91.6 cm³/mol. The van der Waals surface area contributed by atoms with Gasteiger partial charge in [-0.2, -0.15) is 0 Å². The lowest BCUT2D eigenvalue weighted by Crippen LogP contribution is -2.26. The molecular weight excluding hydrogens is 324 g/mol. The maximum atomic E-state index is 12.6. The number of hydrogen-bond donors (Lipinski definition) is 1. The van der Waals surface area contributed by atoms with Gasteiger partial charge in [-0.1, -0.05) is 31.3 Å². The van der Waals surface area contributed by atoms with Gasteiger partial charge in [-0.15, -0.1) is 11.3 Å². The highest BCUT2D eigenvalue weighted by atomic mass is 32.2. The van der Waals surface area contributed by atoms with Gasteiger partial charge in [0.05, 0.1) is 5.69 Å². The van der Waals surface area contributed by atoms with Gasteiger partial charge < -0.3 is 5.73 Å². The van der Waals surface area contributed by atoms with Crippen LogP contribution in [0.5, 0.6) is 0 Å². The molecule has 2 N–H and O–H groups in total. The standard InChI is InChI=1S/C14H16N2O2S3/c1-3-12-7-8-13(20-12)21(17,18)16(2)11-6-4-5-10(9-11)14(15)19/h4-9H,3H2,1-2H3,(H2,15,19). The number of nitrogens with zero attached hydrogens (tertiary/aromatic N) is 1. The zero-order valence-electron chi connectivity index (χ0n) is 11.7. The largest absolute Gasteiger partial charge is 0.389 e. The van der Waals surface area contributed by atoms with Gasteiger partial charge in [-0.25, -0.2) is 8.42 Å². The molecule has 0 saturated carbocycles. The maximum absolute atomic E-state index is 12.6. The van der Waals surface area contributed by atoms with Crippen LogP contribution in [-0.4, -0.2) is 20.5 Å². The highest BCUT2D eigenvalue weighted by molar-refractivity contribution is 7.94. The van der Waals surface area contributed by atoms with Crippen LogP contribution < -0.4 is 10.0 Å². The molecular formula is C14H16N2O2S3. The van der Waals surface area contributed by atoms with E-state index in [0.29, 0.717) is 15.5 Å². The Morgan fingerprint density at radius 3 is 2.62 bits per heavy atom. The Hall–Kier alpha value is -1.44. The van der Waals surface area contributed by atoms with Crippen molar-refractivity contribution in [2.45, 2.75) is 17.6 Å². The van der Waals surface area contributed by atoms with Crippen molar-refractivity contribution in [2.24, 2.45) is 5.73 Å². The number of hydrogen-bond acceptors (Lipinski definition) is 4. The summed E-state index contributed by atoms with van der Waals surface area (Å²) in [7, 11) is -2.03. The number of thiophene rings is 1. The summed E-state index contributed by atoms with van der Waals surface area (Å²) in [6, 6.07) is 10.4. The van der Waals surface area contributed by atoms with E-state index in [9.17, 15) is 8.42 Å². The van der Waals surface area contributed by atoms with Gasteiger partial charge >= 0.3 is 0 Å².